The molecule has 3 rings (SSSR count). The van der Waals surface area contributed by atoms with Crippen LogP contribution in [-0.4, -0.2) is 46.4 Å². The molecule has 8 heteroatoms. The summed E-state index contributed by atoms with van der Waals surface area (Å²) in [7, 11) is -2.40. The third-order valence-electron chi connectivity index (χ3n) is 4.09. The van der Waals surface area contributed by atoms with E-state index in [-0.39, 0.29) is 23.6 Å². The largest absolute Gasteiger partial charge is 0.492 e. The zero-order valence-electron chi connectivity index (χ0n) is 14.2. The van der Waals surface area contributed by atoms with Crippen LogP contribution < -0.4 is 9.46 Å². The summed E-state index contributed by atoms with van der Waals surface area (Å²) in [6.07, 6.45) is 0.769. The fourth-order valence-electron chi connectivity index (χ4n) is 2.84. The standard InChI is InChI=1S/C18H19NO6S/c1-24-8-6-19-26(22,23)15-10-13(9-14(11-15)18(20)21)16-4-2-3-12-5-7-25-17(12)16/h2-4,9-11,19H,5-8H2,1H3,(H,20,21). The number of methoxy groups -OCH3 is 1. The second-order valence-electron chi connectivity index (χ2n) is 5.83. The highest BCUT2D eigenvalue weighted by Gasteiger charge is 2.22. The Kier molecular flexibility index (Phi) is 5.26. The van der Waals surface area contributed by atoms with E-state index in [9.17, 15) is 18.3 Å². The number of sulfonamides is 1. The maximum Gasteiger partial charge on any atom is 0.335 e. The van der Waals surface area contributed by atoms with Gasteiger partial charge < -0.3 is 14.6 Å². The number of carboxylic acid groups (broad SMARTS) is 1. The van der Waals surface area contributed by atoms with Crippen molar-refractivity contribution in [2.24, 2.45) is 0 Å². The summed E-state index contributed by atoms with van der Waals surface area (Å²) in [5, 5.41) is 9.39. The number of hydrogen-bond donors (Lipinski definition) is 2. The van der Waals surface area contributed by atoms with Gasteiger partial charge in [0.2, 0.25) is 10.0 Å². The highest BCUT2D eigenvalue weighted by molar-refractivity contribution is 7.89. The Hall–Kier alpha value is -2.42. The summed E-state index contributed by atoms with van der Waals surface area (Å²) in [6.45, 7) is 0.856. The quantitative estimate of drug-likeness (QED) is 0.715. The van der Waals surface area contributed by atoms with Crippen LogP contribution in [0.15, 0.2) is 41.3 Å². The van der Waals surface area contributed by atoms with Crippen molar-refractivity contribution in [3.8, 4) is 16.9 Å². The molecular weight excluding hydrogens is 358 g/mol. The Morgan fingerprint density at radius 1 is 1.31 bits per heavy atom. The minimum Gasteiger partial charge on any atom is -0.492 e. The van der Waals surface area contributed by atoms with Gasteiger partial charge >= 0.3 is 5.97 Å². The SMILES string of the molecule is COCCNS(=O)(=O)c1cc(C(=O)O)cc(-c2cccc3c2OCC3)c1. The van der Waals surface area contributed by atoms with Crippen molar-refractivity contribution in [3.63, 3.8) is 0 Å². The molecule has 1 heterocycles. The molecule has 26 heavy (non-hydrogen) atoms. The average Bonchev–Trinajstić information content (AvgIpc) is 3.10. The van der Waals surface area contributed by atoms with Gasteiger partial charge in [-0.3, -0.25) is 0 Å². The van der Waals surface area contributed by atoms with Crippen molar-refractivity contribution < 1.29 is 27.8 Å². The Balaban J connectivity index is 2.09. The molecule has 138 valence electrons. The number of hydrogen-bond acceptors (Lipinski definition) is 5. The maximum atomic E-state index is 12.5. The first-order valence-corrected chi connectivity index (χ1v) is 9.53. The van der Waals surface area contributed by atoms with E-state index in [1.165, 1.54) is 19.2 Å². The van der Waals surface area contributed by atoms with Gasteiger partial charge in [-0.1, -0.05) is 18.2 Å². The normalized spacial score (nSPS) is 13.3. The highest BCUT2D eigenvalue weighted by Crippen LogP contribution is 2.37. The Bertz CT molecular complexity index is 939. The van der Waals surface area contributed by atoms with Crippen molar-refractivity contribution >= 4 is 16.0 Å². The molecule has 2 N–H and O–H groups in total. The Morgan fingerprint density at radius 2 is 2.12 bits per heavy atom. The topological polar surface area (TPSA) is 102 Å². The molecule has 0 radical (unpaired) electrons. The minimum atomic E-state index is -3.87. The lowest BCUT2D eigenvalue weighted by molar-refractivity contribution is 0.0696. The lowest BCUT2D eigenvalue weighted by atomic mass is 9.99. The summed E-state index contributed by atoms with van der Waals surface area (Å²) < 4.78 is 37.9. The first-order chi connectivity index (χ1) is 12.4. The van der Waals surface area contributed by atoms with Gasteiger partial charge in [-0.2, -0.15) is 0 Å². The van der Waals surface area contributed by atoms with Gasteiger partial charge in [-0.05, 0) is 29.3 Å². The Morgan fingerprint density at radius 3 is 2.85 bits per heavy atom. The smallest absolute Gasteiger partial charge is 0.335 e. The predicted molar refractivity (Wildman–Crippen MR) is 95.1 cm³/mol. The third-order valence-corrected chi connectivity index (χ3v) is 5.53. The first kappa shape index (κ1) is 18.4. The second-order valence-corrected chi connectivity index (χ2v) is 7.60. The van der Waals surface area contributed by atoms with E-state index in [0.717, 1.165) is 18.1 Å². The average molecular weight is 377 g/mol. The number of para-hydroxylation sites is 1. The fraction of sp³-hybridized carbons (Fsp3) is 0.278. The van der Waals surface area contributed by atoms with Gasteiger partial charge in [0.1, 0.15) is 5.75 Å². The van der Waals surface area contributed by atoms with E-state index < -0.39 is 16.0 Å². The molecule has 2 aromatic carbocycles. The van der Waals surface area contributed by atoms with Crippen LogP contribution >= 0.6 is 0 Å². The first-order valence-electron chi connectivity index (χ1n) is 8.04. The summed E-state index contributed by atoms with van der Waals surface area (Å²) in [5.74, 6) is -0.528. The van der Waals surface area contributed by atoms with Gasteiger partial charge in [-0.15, -0.1) is 0 Å². The number of ether oxygens (including phenoxy) is 2. The molecule has 2 aromatic rings. The molecule has 1 aliphatic rings. The van der Waals surface area contributed by atoms with Crippen molar-refractivity contribution in [2.45, 2.75) is 11.3 Å². The van der Waals surface area contributed by atoms with Crippen molar-refractivity contribution in [1.82, 2.24) is 4.72 Å². The van der Waals surface area contributed by atoms with Crippen LogP contribution in [0, 0.1) is 0 Å². The van der Waals surface area contributed by atoms with E-state index >= 15 is 0 Å². The molecule has 0 aromatic heterocycles. The van der Waals surface area contributed by atoms with Gasteiger partial charge in [-0.25, -0.2) is 17.9 Å². The van der Waals surface area contributed by atoms with Crippen molar-refractivity contribution in [1.29, 1.82) is 0 Å². The van der Waals surface area contributed by atoms with E-state index in [1.54, 1.807) is 6.07 Å². The Labute approximate surface area is 151 Å². The molecule has 0 aliphatic carbocycles. The van der Waals surface area contributed by atoms with Crippen LogP contribution in [0.1, 0.15) is 15.9 Å². The van der Waals surface area contributed by atoms with Crippen LogP contribution in [0.4, 0.5) is 0 Å². The van der Waals surface area contributed by atoms with Gasteiger partial charge in [0.15, 0.2) is 0 Å². The summed E-state index contributed by atoms with van der Waals surface area (Å²) in [5.41, 5.74) is 2.07. The zero-order valence-corrected chi connectivity index (χ0v) is 15.0. The molecule has 0 saturated heterocycles. The van der Waals surface area contributed by atoms with Crippen LogP contribution in [-0.2, 0) is 21.2 Å². The van der Waals surface area contributed by atoms with E-state index in [0.29, 0.717) is 23.5 Å². The van der Waals surface area contributed by atoms with Crippen LogP contribution in [0.3, 0.4) is 0 Å². The minimum absolute atomic E-state index is 0.0926. The van der Waals surface area contributed by atoms with E-state index in [1.807, 2.05) is 12.1 Å². The number of fused-ring (bicyclic) bond motifs is 1. The molecule has 1 aliphatic heterocycles. The molecule has 0 saturated carbocycles. The molecule has 0 spiro atoms. The number of benzene rings is 2. The van der Waals surface area contributed by atoms with E-state index in [4.69, 9.17) is 9.47 Å². The summed E-state index contributed by atoms with van der Waals surface area (Å²) in [6, 6.07) is 9.63. The molecule has 0 bridgehead atoms. The summed E-state index contributed by atoms with van der Waals surface area (Å²) >= 11 is 0. The number of carbonyl (C=O) groups is 1. The number of nitrogens with one attached hydrogen (secondary N) is 1. The monoisotopic (exact) mass is 377 g/mol. The molecule has 7 nitrogen and oxygen atoms in total. The molecule has 0 fully saturated rings. The second kappa shape index (κ2) is 7.45. The van der Waals surface area contributed by atoms with Gasteiger partial charge in [0.05, 0.1) is 23.7 Å². The molecule has 0 amide bonds. The number of carboxylic acids is 1. The number of rotatable bonds is 7. The lowest BCUT2D eigenvalue weighted by Gasteiger charge is -2.12. The van der Waals surface area contributed by atoms with Crippen LogP contribution in [0.5, 0.6) is 5.75 Å². The van der Waals surface area contributed by atoms with Crippen molar-refractivity contribution in [2.75, 3.05) is 26.9 Å². The maximum absolute atomic E-state index is 12.5. The summed E-state index contributed by atoms with van der Waals surface area (Å²) in [4.78, 5) is 11.4. The van der Waals surface area contributed by atoms with Gasteiger partial charge in [0, 0.05) is 25.6 Å². The number of aromatic carboxylic acids is 1. The van der Waals surface area contributed by atoms with Crippen molar-refractivity contribution in [3.05, 3.63) is 47.5 Å². The lowest BCUT2D eigenvalue weighted by Crippen LogP contribution is -2.27. The predicted octanol–water partition coefficient (Wildman–Crippen LogP) is 1.91. The van der Waals surface area contributed by atoms with Gasteiger partial charge in [0.25, 0.3) is 0 Å². The zero-order chi connectivity index (χ0) is 18.7. The van der Waals surface area contributed by atoms with Crippen LogP contribution in [0.2, 0.25) is 0 Å². The van der Waals surface area contributed by atoms with E-state index in [2.05, 4.69) is 4.72 Å². The molecule has 0 unspecified atom stereocenters. The third kappa shape index (κ3) is 3.72. The van der Waals surface area contributed by atoms with Crippen LogP contribution in [0.25, 0.3) is 11.1 Å². The highest BCUT2D eigenvalue weighted by atomic mass is 32.2. The molecule has 0 atom stereocenters. The molecular formula is C18H19NO6S. The fourth-order valence-corrected chi connectivity index (χ4v) is 3.92.